The molecule has 2 aliphatic heterocycles. The van der Waals surface area contributed by atoms with Gasteiger partial charge in [-0.2, -0.15) is 10.0 Å². The van der Waals surface area contributed by atoms with Crippen LogP contribution in [-0.2, 0) is 9.60 Å². The summed E-state index contributed by atoms with van der Waals surface area (Å²) in [4.78, 5) is 14.4. The SMILES string of the molecule is CC1(C)CCN2N=C([C@@H]3C[C@]4(OF)CC[C@H]3C4)c3c(cnc4[nH]ccc34)B2O1. The highest BCUT2D eigenvalue weighted by Crippen LogP contribution is 2.55. The van der Waals surface area contributed by atoms with Gasteiger partial charge in [0.1, 0.15) is 11.2 Å². The fraction of sp³-hybridized carbons (Fsp3) is 0.600. The maximum Gasteiger partial charge on any atom is 0.471 e. The molecule has 4 aliphatic rings. The monoisotopic (exact) mass is 382 g/mol. The second-order valence-electron chi connectivity index (χ2n) is 9.53. The Kier molecular flexibility index (Phi) is 3.38. The van der Waals surface area contributed by atoms with Gasteiger partial charge in [0.2, 0.25) is 0 Å². The molecular weight excluding hydrogens is 358 g/mol. The highest BCUT2D eigenvalue weighted by atomic mass is 19.3. The van der Waals surface area contributed by atoms with Gasteiger partial charge in [0.15, 0.2) is 0 Å². The largest absolute Gasteiger partial charge is 0.471 e. The Morgan fingerprint density at radius 1 is 1.36 bits per heavy atom. The van der Waals surface area contributed by atoms with E-state index in [0.29, 0.717) is 12.3 Å². The zero-order valence-electron chi connectivity index (χ0n) is 16.2. The van der Waals surface area contributed by atoms with Gasteiger partial charge in [-0.3, -0.25) is 0 Å². The lowest BCUT2D eigenvalue weighted by Crippen LogP contribution is -2.61. The average Bonchev–Trinajstić information content (AvgIpc) is 3.41. The third-order valence-electron chi connectivity index (χ3n) is 7.30. The third kappa shape index (κ3) is 2.27. The Labute approximate surface area is 163 Å². The molecule has 2 bridgehead atoms. The molecule has 2 aliphatic carbocycles. The quantitative estimate of drug-likeness (QED) is 0.812. The lowest BCUT2D eigenvalue weighted by atomic mass is 9.64. The van der Waals surface area contributed by atoms with Crippen LogP contribution in [0.4, 0.5) is 4.53 Å². The fourth-order valence-electron chi connectivity index (χ4n) is 5.84. The molecule has 8 heteroatoms. The Balaban J connectivity index is 1.51. The number of pyridine rings is 1. The molecule has 2 saturated carbocycles. The van der Waals surface area contributed by atoms with Gasteiger partial charge in [-0.05, 0) is 62.5 Å². The Morgan fingerprint density at radius 3 is 3.07 bits per heavy atom. The molecule has 0 amide bonds. The highest BCUT2D eigenvalue weighted by Gasteiger charge is 2.56. The number of rotatable bonds is 2. The standard InChI is InChI=1S/C20H24BFN4O2/c1-19(2)6-8-26-21(27-19)15-11-24-18-13(4-7-23-18)16(15)17(25-26)14-10-20(28-22)5-3-12(14)9-20/h4,7,11-12,14H,3,5-6,8-10H2,1-2H3,(H,23,24)/t12-,14+,20-/m0/s1. The van der Waals surface area contributed by atoms with E-state index in [2.05, 4.69) is 39.7 Å². The molecule has 146 valence electrons. The summed E-state index contributed by atoms with van der Waals surface area (Å²) >= 11 is 0. The molecule has 28 heavy (non-hydrogen) atoms. The van der Waals surface area contributed by atoms with Gasteiger partial charge in [-0.1, -0.05) is 0 Å². The van der Waals surface area contributed by atoms with Gasteiger partial charge >= 0.3 is 7.05 Å². The first-order valence-electron chi connectivity index (χ1n) is 10.3. The molecular formula is C20H24BFN4O2. The van der Waals surface area contributed by atoms with E-state index in [1.54, 1.807) is 0 Å². The van der Waals surface area contributed by atoms with Crippen LogP contribution in [-0.4, -0.2) is 45.4 Å². The van der Waals surface area contributed by atoms with Crippen LogP contribution in [0.25, 0.3) is 11.0 Å². The van der Waals surface area contributed by atoms with Crippen molar-refractivity contribution in [2.75, 3.05) is 6.54 Å². The summed E-state index contributed by atoms with van der Waals surface area (Å²) in [5, 5.41) is 6.18. The van der Waals surface area contributed by atoms with Crippen molar-refractivity contribution in [3.05, 3.63) is 24.0 Å². The second kappa shape index (κ2) is 5.57. The van der Waals surface area contributed by atoms with Crippen LogP contribution < -0.4 is 5.46 Å². The number of halogens is 1. The molecule has 0 aromatic carbocycles. The molecule has 3 fully saturated rings. The molecule has 0 radical (unpaired) electrons. The molecule has 1 N–H and O–H groups in total. The van der Waals surface area contributed by atoms with E-state index in [4.69, 9.17) is 9.76 Å². The predicted molar refractivity (Wildman–Crippen MR) is 105 cm³/mol. The number of nitrogens with zero attached hydrogens (tertiary/aromatic N) is 3. The number of H-pyrrole nitrogens is 1. The first kappa shape index (κ1) is 17.0. The topological polar surface area (TPSA) is 62.7 Å². The molecule has 2 aromatic rings. The molecule has 2 aromatic heterocycles. The molecule has 1 saturated heterocycles. The van der Waals surface area contributed by atoms with Crippen LogP contribution in [0.5, 0.6) is 0 Å². The summed E-state index contributed by atoms with van der Waals surface area (Å²) in [6.45, 7) is 5.10. The van der Waals surface area contributed by atoms with Gasteiger partial charge in [-0.15, -0.1) is 0 Å². The van der Waals surface area contributed by atoms with Crippen LogP contribution in [0.15, 0.2) is 23.6 Å². The molecule has 0 unspecified atom stereocenters. The third-order valence-corrected chi connectivity index (χ3v) is 7.30. The average molecular weight is 382 g/mol. The predicted octanol–water partition coefficient (Wildman–Crippen LogP) is 2.94. The Hall–Kier alpha value is -1.93. The van der Waals surface area contributed by atoms with Crippen molar-refractivity contribution < 1.29 is 14.1 Å². The second-order valence-corrected chi connectivity index (χ2v) is 9.53. The summed E-state index contributed by atoms with van der Waals surface area (Å²) in [5.41, 5.74) is 3.30. The number of fused-ring (bicyclic) bond motifs is 7. The van der Waals surface area contributed by atoms with E-state index in [9.17, 15) is 4.53 Å². The van der Waals surface area contributed by atoms with Crippen molar-refractivity contribution >= 4 is 29.3 Å². The van der Waals surface area contributed by atoms with Gasteiger partial charge in [0.25, 0.3) is 0 Å². The first-order valence-corrected chi connectivity index (χ1v) is 10.3. The van der Waals surface area contributed by atoms with Gasteiger partial charge in [0.05, 0.1) is 5.71 Å². The van der Waals surface area contributed by atoms with Crippen molar-refractivity contribution in [1.82, 2.24) is 14.9 Å². The zero-order valence-corrected chi connectivity index (χ0v) is 16.2. The number of nitrogens with one attached hydrogen (secondary N) is 1. The minimum absolute atomic E-state index is 0.197. The summed E-state index contributed by atoms with van der Waals surface area (Å²) in [6.07, 6.45) is 8.06. The van der Waals surface area contributed by atoms with Crippen LogP contribution >= 0.6 is 0 Å². The van der Waals surface area contributed by atoms with Crippen molar-refractivity contribution in [1.29, 1.82) is 0 Å². The smallest absolute Gasteiger partial charge is 0.407 e. The maximum absolute atomic E-state index is 13.4. The Morgan fingerprint density at radius 2 is 2.25 bits per heavy atom. The highest BCUT2D eigenvalue weighted by molar-refractivity contribution is 6.68. The van der Waals surface area contributed by atoms with E-state index in [-0.39, 0.29) is 18.6 Å². The number of aromatic nitrogens is 2. The molecule has 3 atom stereocenters. The van der Waals surface area contributed by atoms with E-state index >= 15 is 0 Å². The van der Waals surface area contributed by atoms with Crippen LogP contribution in [0.1, 0.15) is 51.5 Å². The lowest BCUT2D eigenvalue weighted by Gasteiger charge is -2.44. The number of hydrazone groups is 1. The van der Waals surface area contributed by atoms with Crippen molar-refractivity contribution in [2.45, 2.75) is 57.2 Å². The minimum Gasteiger partial charge on any atom is -0.407 e. The fourth-order valence-corrected chi connectivity index (χ4v) is 5.84. The normalized spacial score (nSPS) is 33.2. The van der Waals surface area contributed by atoms with E-state index in [0.717, 1.165) is 60.0 Å². The Bertz CT molecular complexity index is 992. The van der Waals surface area contributed by atoms with E-state index in [1.807, 2.05) is 12.4 Å². The van der Waals surface area contributed by atoms with Crippen LogP contribution in [0.2, 0.25) is 0 Å². The van der Waals surface area contributed by atoms with Crippen molar-refractivity contribution in [3.63, 3.8) is 0 Å². The molecule has 6 rings (SSSR count). The summed E-state index contributed by atoms with van der Waals surface area (Å²) in [7, 11) is -0.223. The maximum atomic E-state index is 13.4. The van der Waals surface area contributed by atoms with Crippen LogP contribution in [0.3, 0.4) is 0 Å². The first-order chi connectivity index (χ1) is 13.5. The van der Waals surface area contributed by atoms with Gasteiger partial charge < -0.3 is 14.6 Å². The van der Waals surface area contributed by atoms with Crippen LogP contribution in [0, 0.1) is 11.8 Å². The summed E-state index contributed by atoms with van der Waals surface area (Å²) in [6, 6.07) is 2.06. The summed E-state index contributed by atoms with van der Waals surface area (Å²) < 4.78 is 19.8. The number of aromatic amines is 1. The van der Waals surface area contributed by atoms with E-state index < -0.39 is 5.60 Å². The molecule has 0 spiro atoms. The number of hydrogen-bond acceptors (Lipinski definition) is 5. The molecule has 4 heterocycles. The molecule has 6 nitrogen and oxygen atoms in total. The minimum atomic E-state index is -0.612. The summed E-state index contributed by atoms with van der Waals surface area (Å²) in [5.74, 6) is 0.628. The number of hydrogen-bond donors (Lipinski definition) is 1. The van der Waals surface area contributed by atoms with Gasteiger partial charge in [0, 0.05) is 46.9 Å². The lowest BCUT2D eigenvalue weighted by molar-refractivity contribution is -0.232. The van der Waals surface area contributed by atoms with Crippen molar-refractivity contribution in [2.24, 2.45) is 16.9 Å². The zero-order chi connectivity index (χ0) is 19.1. The van der Waals surface area contributed by atoms with Crippen molar-refractivity contribution in [3.8, 4) is 0 Å². The van der Waals surface area contributed by atoms with Gasteiger partial charge in [-0.25, -0.2) is 4.98 Å². The van der Waals surface area contributed by atoms with E-state index in [1.165, 1.54) is 0 Å².